The number of hydrogen-bond donors (Lipinski definition) is 1. The lowest BCUT2D eigenvalue weighted by Gasteiger charge is -2.24. The van der Waals surface area contributed by atoms with Gasteiger partial charge in [-0.2, -0.15) is 4.31 Å². The van der Waals surface area contributed by atoms with Crippen molar-refractivity contribution in [1.82, 2.24) is 9.29 Å². The Morgan fingerprint density at radius 3 is 2.25 bits per heavy atom. The average molecular weight is 399 g/mol. The molecule has 3 aromatic rings. The second-order valence-corrected chi connectivity index (χ2v) is 9.66. The van der Waals surface area contributed by atoms with E-state index in [-0.39, 0.29) is 22.9 Å². The lowest BCUT2D eigenvalue weighted by atomic mass is 10.1. The molecule has 0 aliphatic rings. The minimum Gasteiger partial charge on any atom is -0.322 e. The minimum atomic E-state index is -3.71. The van der Waals surface area contributed by atoms with Crippen LogP contribution in [0, 0.1) is 19.8 Å². The zero-order valence-electron chi connectivity index (χ0n) is 16.7. The van der Waals surface area contributed by atoms with E-state index >= 15 is 0 Å². The van der Waals surface area contributed by atoms with Crippen LogP contribution in [0.4, 0.5) is 0 Å². The molecule has 1 aromatic heterocycles. The lowest BCUT2D eigenvalue weighted by molar-refractivity contribution is 0.361. The number of benzene rings is 2. The number of fused-ring (bicyclic) bond motifs is 1. The van der Waals surface area contributed by atoms with Crippen LogP contribution in [0.25, 0.3) is 10.9 Å². The minimum absolute atomic E-state index is 0.0353. The first kappa shape index (κ1) is 20.3. The van der Waals surface area contributed by atoms with Gasteiger partial charge in [0.05, 0.1) is 4.90 Å². The van der Waals surface area contributed by atoms with Gasteiger partial charge < -0.3 is 4.98 Å². The first-order chi connectivity index (χ1) is 13.2. The number of pyridine rings is 1. The van der Waals surface area contributed by atoms with Crippen LogP contribution in [0.15, 0.2) is 58.2 Å². The van der Waals surface area contributed by atoms with Crippen molar-refractivity contribution in [3.8, 4) is 0 Å². The van der Waals surface area contributed by atoms with Crippen molar-refractivity contribution >= 4 is 20.9 Å². The van der Waals surface area contributed by atoms with Gasteiger partial charge in [-0.1, -0.05) is 43.2 Å². The third-order valence-corrected chi connectivity index (χ3v) is 6.48. The van der Waals surface area contributed by atoms with Crippen LogP contribution in [0.2, 0.25) is 0 Å². The second kappa shape index (κ2) is 7.89. The predicted octanol–water partition coefficient (Wildman–Crippen LogP) is 3.99. The molecule has 0 amide bonds. The Kier molecular flexibility index (Phi) is 5.72. The van der Waals surface area contributed by atoms with E-state index in [0.29, 0.717) is 12.1 Å². The number of hydrogen-bond acceptors (Lipinski definition) is 3. The van der Waals surface area contributed by atoms with Gasteiger partial charge in [-0.05, 0) is 55.5 Å². The first-order valence-electron chi connectivity index (χ1n) is 9.36. The number of nitrogens with one attached hydrogen (secondary N) is 1. The number of aromatic amines is 1. The topological polar surface area (TPSA) is 70.2 Å². The van der Waals surface area contributed by atoms with Crippen LogP contribution in [0.3, 0.4) is 0 Å². The SMILES string of the molecule is Cc1ccc(S(=O)(=O)N(Cc2cc3cc(C)ccc3[nH]c2=O)CC(C)C)cc1. The summed E-state index contributed by atoms with van der Waals surface area (Å²) in [6, 6.07) is 14.4. The summed E-state index contributed by atoms with van der Waals surface area (Å²) in [5, 5.41) is 0.895. The Balaban J connectivity index is 2.03. The van der Waals surface area contributed by atoms with Crippen LogP contribution in [-0.2, 0) is 16.6 Å². The maximum absolute atomic E-state index is 13.2. The largest absolute Gasteiger partial charge is 0.322 e. The molecule has 0 radical (unpaired) electrons. The molecular weight excluding hydrogens is 372 g/mol. The molecular formula is C22H26N2O3S. The fraction of sp³-hybridized carbons (Fsp3) is 0.318. The second-order valence-electron chi connectivity index (χ2n) is 7.72. The summed E-state index contributed by atoms with van der Waals surface area (Å²) in [5.41, 5.74) is 3.00. The number of aryl methyl sites for hydroxylation is 2. The number of nitrogens with zero attached hydrogens (tertiary/aromatic N) is 1. The Hall–Kier alpha value is -2.44. The molecule has 0 unspecified atom stereocenters. The van der Waals surface area contributed by atoms with Crippen LogP contribution in [0.5, 0.6) is 0 Å². The quantitative estimate of drug-likeness (QED) is 0.682. The van der Waals surface area contributed by atoms with E-state index in [2.05, 4.69) is 4.98 Å². The van der Waals surface area contributed by atoms with E-state index in [1.807, 2.05) is 45.9 Å². The van der Waals surface area contributed by atoms with E-state index in [0.717, 1.165) is 22.0 Å². The van der Waals surface area contributed by atoms with Crippen molar-refractivity contribution in [3.63, 3.8) is 0 Å². The van der Waals surface area contributed by atoms with Gasteiger partial charge in [0.2, 0.25) is 10.0 Å². The van der Waals surface area contributed by atoms with E-state index in [4.69, 9.17) is 0 Å². The summed E-state index contributed by atoms with van der Waals surface area (Å²) in [4.78, 5) is 15.7. The summed E-state index contributed by atoms with van der Waals surface area (Å²) < 4.78 is 27.8. The molecule has 0 atom stereocenters. The monoisotopic (exact) mass is 398 g/mol. The summed E-state index contributed by atoms with van der Waals surface area (Å²) >= 11 is 0. The molecule has 3 rings (SSSR count). The molecule has 0 saturated heterocycles. The molecule has 1 N–H and O–H groups in total. The molecule has 148 valence electrons. The number of H-pyrrole nitrogens is 1. The highest BCUT2D eigenvalue weighted by atomic mass is 32.2. The van der Waals surface area contributed by atoms with Crippen molar-refractivity contribution in [3.05, 3.63) is 75.6 Å². The van der Waals surface area contributed by atoms with Gasteiger partial charge in [-0.25, -0.2) is 8.42 Å². The van der Waals surface area contributed by atoms with E-state index in [1.165, 1.54) is 4.31 Å². The third kappa shape index (κ3) is 4.34. The highest BCUT2D eigenvalue weighted by Crippen LogP contribution is 2.21. The molecule has 0 saturated carbocycles. The Labute approximate surface area is 166 Å². The smallest absolute Gasteiger partial charge is 0.252 e. The van der Waals surface area contributed by atoms with Gasteiger partial charge >= 0.3 is 0 Å². The molecule has 0 aliphatic carbocycles. The van der Waals surface area contributed by atoms with Crippen molar-refractivity contribution in [1.29, 1.82) is 0 Å². The van der Waals surface area contributed by atoms with E-state index < -0.39 is 10.0 Å². The summed E-state index contributed by atoms with van der Waals surface area (Å²) in [6.07, 6.45) is 0. The zero-order valence-corrected chi connectivity index (χ0v) is 17.5. The molecule has 2 aromatic carbocycles. The van der Waals surface area contributed by atoms with E-state index in [1.54, 1.807) is 30.3 Å². The van der Waals surface area contributed by atoms with Gasteiger partial charge in [0.1, 0.15) is 0 Å². The van der Waals surface area contributed by atoms with E-state index in [9.17, 15) is 13.2 Å². The summed E-state index contributed by atoms with van der Waals surface area (Å²) in [6.45, 7) is 8.20. The zero-order chi connectivity index (χ0) is 20.5. The molecule has 5 nitrogen and oxygen atoms in total. The number of sulfonamides is 1. The molecule has 28 heavy (non-hydrogen) atoms. The highest BCUT2D eigenvalue weighted by molar-refractivity contribution is 7.89. The van der Waals surface area contributed by atoms with Crippen LogP contribution >= 0.6 is 0 Å². The number of rotatable bonds is 6. The van der Waals surface area contributed by atoms with Crippen LogP contribution in [-0.4, -0.2) is 24.3 Å². The Morgan fingerprint density at radius 1 is 0.964 bits per heavy atom. The molecule has 1 heterocycles. The van der Waals surface area contributed by atoms with Crippen molar-refractivity contribution in [2.45, 2.75) is 39.1 Å². The Bertz CT molecular complexity index is 1150. The molecule has 0 fully saturated rings. The normalized spacial score (nSPS) is 12.2. The van der Waals surface area contributed by atoms with Gasteiger partial charge in [-0.15, -0.1) is 0 Å². The average Bonchev–Trinajstić information content (AvgIpc) is 2.62. The van der Waals surface area contributed by atoms with Crippen molar-refractivity contribution < 1.29 is 8.42 Å². The van der Waals surface area contributed by atoms with Crippen LogP contribution in [0.1, 0.15) is 30.5 Å². The molecule has 6 heteroatoms. The number of aromatic nitrogens is 1. The highest BCUT2D eigenvalue weighted by Gasteiger charge is 2.26. The van der Waals surface area contributed by atoms with Gasteiger partial charge in [0, 0.05) is 24.2 Å². The van der Waals surface area contributed by atoms with Gasteiger partial charge in [0.25, 0.3) is 5.56 Å². The van der Waals surface area contributed by atoms with Crippen LogP contribution < -0.4 is 5.56 Å². The predicted molar refractivity (Wildman–Crippen MR) is 113 cm³/mol. The molecule has 0 bridgehead atoms. The Morgan fingerprint density at radius 2 is 1.61 bits per heavy atom. The molecule has 0 spiro atoms. The maximum atomic E-state index is 13.2. The third-order valence-electron chi connectivity index (χ3n) is 4.65. The fourth-order valence-corrected chi connectivity index (χ4v) is 4.77. The first-order valence-corrected chi connectivity index (χ1v) is 10.8. The summed E-state index contributed by atoms with van der Waals surface area (Å²) in [5.74, 6) is 0.127. The van der Waals surface area contributed by atoms with Gasteiger partial charge in [0.15, 0.2) is 0 Å². The summed E-state index contributed by atoms with van der Waals surface area (Å²) in [7, 11) is -3.71. The maximum Gasteiger partial charge on any atom is 0.252 e. The fourth-order valence-electron chi connectivity index (χ4n) is 3.19. The van der Waals surface area contributed by atoms with Crippen molar-refractivity contribution in [2.24, 2.45) is 5.92 Å². The van der Waals surface area contributed by atoms with Gasteiger partial charge in [-0.3, -0.25) is 4.79 Å². The lowest BCUT2D eigenvalue weighted by Crippen LogP contribution is -2.35. The standard InChI is InChI=1S/C22H26N2O3S/c1-15(2)13-24(28(26,27)20-8-5-16(3)6-9-20)14-19-12-18-11-17(4)7-10-21(18)23-22(19)25/h5-12,15H,13-14H2,1-4H3,(H,23,25). The van der Waals surface area contributed by atoms with Crippen molar-refractivity contribution in [2.75, 3.05) is 6.54 Å². The molecule has 0 aliphatic heterocycles.